The van der Waals surface area contributed by atoms with E-state index in [-0.39, 0.29) is 18.2 Å². The fraction of sp³-hybridized carbons (Fsp3) is 0.400. The van der Waals surface area contributed by atoms with Crippen molar-refractivity contribution in [1.29, 1.82) is 0 Å². The van der Waals surface area contributed by atoms with Crippen LogP contribution < -0.4 is 10.1 Å². The van der Waals surface area contributed by atoms with Gasteiger partial charge in [0.25, 0.3) is 0 Å². The van der Waals surface area contributed by atoms with E-state index in [4.69, 9.17) is 9.47 Å². The third-order valence-electron chi connectivity index (χ3n) is 5.06. The molecule has 3 heterocycles. The molecule has 0 spiro atoms. The number of hydrogen-bond acceptors (Lipinski definition) is 6. The van der Waals surface area contributed by atoms with Crippen LogP contribution >= 0.6 is 0 Å². The summed E-state index contributed by atoms with van der Waals surface area (Å²) in [6, 6.07) is 7.80. The number of hydrogen-bond donors (Lipinski definition) is 2. The summed E-state index contributed by atoms with van der Waals surface area (Å²) in [6.45, 7) is 0.742. The highest BCUT2D eigenvalue weighted by Crippen LogP contribution is 2.34. The van der Waals surface area contributed by atoms with Crippen molar-refractivity contribution in [3.05, 3.63) is 42.1 Å². The Labute approximate surface area is 170 Å². The Balaban J connectivity index is 1.75. The molecule has 1 aliphatic heterocycles. The Morgan fingerprint density at radius 2 is 2.13 bits per heavy atom. The minimum atomic E-state index is -4.38. The summed E-state index contributed by atoms with van der Waals surface area (Å²) in [6.07, 6.45) is -3.84. The van der Waals surface area contributed by atoms with Gasteiger partial charge in [-0.3, -0.25) is 4.40 Å². The number of aliphatic hydroxyl groups is 1. The molecule has 10 heteroatoms. The molecule has 2 atom stereocenters. The van der Waals surface area contributed by atoms with E-state index in [0.717, 1.165) is 0 Å². The van der Waals surface area contributed by atoms with E-state index in [0.29, 0.717) is 41.5 Å². The van der Waals surface area contributed by atoms with Crippen LogP contribution in [0, 0.1) is 0 Å². The smallest absolute Gasteiger partial charge is 0.393 e. The molecule has 7 nitrogen and oxygen atoms in total. The maximum atomic E-state index is 13.2. The van der Waals surface area contributed by atoms with Crippen molar-refractivity contribution < 1.29 is 27.8 Å². The topological polar surface area (TPSA) is 80.9 Å². The van der Waals surface area contributed by atoms with Crippen molar-refractivity contribution in [1.82, 2.24) is 14.6 Å². The van der Waals surface area contributed by atoms with Crippen molar-refractivity contribution >= 4 is 11.5 Å². The number of nitrogens with zero attached hydrogens (tertiary/aromatic N) is 3. The fourth-order valence-corrected chi connectivity index (χ4v) is 3.59. The first-order valence-electron chi connectivity index (χ1n) is 9.46. The van der Waals surface area contributed by atoms with Gasteiger partial charge in [0, 0.05) is 18.4 Å². The number of aromatic nitrogens is 3. The molecule has 0 aliphatic carbocycles. The van der Waals surface area contributed by atoms with Gasteiger partial charge in [-0.25, -0.2) is 0 Å². The van der Waals surface area contributed by atoms with Gasteiger partial charge in [-0.05, 0) is 42.3 Å². The Morgan fingerprint density at radius 1 is 1.30 bits per heavy atom. The van der Waals surface area contributed by atoms with Gasteiger partial charge in [-0.1, -0.05) is 0 Å². The fourth-order valence-electron chi connectivity index (χ4n) is 3.59. The molecule has 0 saturated carbocycles. The number of alkyl halides is 3. The highest BCUT2D eigenvalue weighted by Gasteiger charge is 2.30. The summed E-state index contributed by atoms with van der Waals surface area (Å²) in [7, 11) is 1.41. The average molecular weight is 422 g/mol. The van der Waals surface area contributed by atoms with Crippen LogP contribution in [0.15, 0.2) is 36.5 Å². The van der Waals surface area contributed by atoms with Crippen LogP contribution in [0.5, 0.6) is 5.75 Å². The number of anilines is 1. The number of benzene rings is 1. The molecule has 160 valence electrons. The van der Waals surface area contributed by atoms with Crippen molar-refractivity contribution in [2.75, 3.05) is 25.6 Å². The van der Waals surface area contributed by atoms with Crippen LogP contribution in [0.25, 0.3) is 16.8 Å². The number of aliphatic hydroxyl groups excluding tert-OH is 1. The molecule has 1 saturated heterocycles. The minimum absolute atomic E-state index is 0.0554. The molecule has 2 aromatic heterocycles. The van der Waals surface area contributed by atoms with Crippen LogP contribution in [0.4, 0.5) is 19.1 Å². The second kappa shape index (κ2) is 8.11. The van der Waals surface area contributed by atoms with E-state index in [9.17, 15) is 18.3 Å². The normalized spacial score (nSPS) is 19.8. The van der Waals surface area contributed by atoms with Gasteiger partial charge in [0.05, 0.1) is 37.8 Å². The zero-order valence-corrected chi connectivity index (χ0v) is 16.2. The lowest BCUT2D eigenvalue weighted by atomic mass is 10.0. The molecule has 0 amide bonds. The van der Waals surface area contributed by atoms with Crippen molar-refractivity contribution in [3.63, 3.8) is 0 Å². The summed E-state index contributed by atoms with van der Waals surface area (Å²) >= 11 is 0. The Hall–Kier alpha value is -2.85. The quantitative estimate of drug-likeness (QED) is 0.658. The molecule has 0 unspecified atom stereocenters. The van der Waals surface area contributed by atoms with E-state index >= 15 is 0 Å². The summed E-state index contributed by atoms with van der Waals surface area (Å²) in [5, 5.41) is 21.7. The van der Waals surface area contributed by atoms with Crippen LogP contribution in [0.2, 0.25) is 0 Å². The predicted molar refractivity (Wildman–Crippen MR) is 104 cm³/mol. The SMILES string of the molecule is COc1ccc(-c2nnc(N[C@@H]3CCOC[C@H]3O)n3cccc23)c(CC(F)(F)F)c1. The molecule has 3 aromatic rings. The van der Waals surface area contributed by atoms with E-state index in [2.05, 4.69) is 15.5 Å². The first kappa shape index (κ1) is 20.4. The second-order valence-corrected chi connectivity index (χ2v) is 7.13. The van der Waals surface area contributed by atoms with Crippen molar-refractivity contribution in [2.24, 2.45) is 0 Å². The Bertz CT molecular complexity index is 1040. The molecule has 1 aromatic carbocycles. The number of halogens is 3. The first-order valence-corrected chi connectivity index (χ1v) is 9.46. The molecular weight excluding hydrogens is 401 g/mol. The zero-order chi connectivity index (χ0) is 21.3. The van der Waals surface area contributed by atoms with Gasteiger partial charge in [-0.15, -0.1) is 10.2 Å². The van der Waals surface area contributed by atoms with E-state index in [1.807, 2.05) is 0 Å². The average Bonchev–Trinajstić information content (AvgIpc) is 3.19. The zero-order valence-electron chi connectivity index (χ0n) is 16.2. The third-order valence-corrected chi connectivity index (χ3v) is 5.06. The van der Waals surface area contributed by atoms with Gasteiger partial charge in [-0.2, -0.15) is 13.2 Å². The van der Waals surface area contributed by atoms with E-state index in [1.165, 1.54) is 13.2 Å². The second-order valence-electron chi connectivity index (χ2n) is 7.13. The van der Waals surface area contributed by atoms with Crippen LogP contribution in [0.3, 0.4) is 0 Å². The first-order chi connectivity index (χ1) is 14.4. The van der Waals surface area contributed by atoms with Gasteiger partial charge >= 0.3 is 6.18 Å². The van der Waals surface area contributed by atoms with Gasteiger partial charge < -0.3 is 19.9 Å². The largest absolute Gasteiger partial charge is 0.497 e. The maximum Gasteiger partial charge on any atom is 0.393 e. The molecular formula is C20H21F3N4O3. The van der Waals surface area contributed by atoms with Crippen LogP contribution in [-0.2, 0) is 11.2 Å². The summed E-state index contributed by atoms with van der Waals surface area (Å²) in [4.78, 5) is 0. The monoisotopic (exact) mass is 422 g/mol. The van der Waals surface area contributed by atoms with E-state index in [1.54, 1.807) is 34.9 Å². The highest BCUT2D eigenvalue weighted by atomic mass is 19.4. The molecule has 2 N–H and O–H groups in total. The Morgan fingerprint density at radius 3 is 2.87 bits per heavy atom. The highest BCUT2D eigenvalue weighted by molar-refractivity contribution is 5.80. The van der Waals surface area contributed by atoms with Crippen molar-refractivity contribution in [3.8, 4) is 17.0 Å². The van der Waals surface area contributed by atoms with Gasteiger partial charge in [0.1, 0.15) is 11.4 Å². The molecule has 0 bridgehead atoms. The molecule has 0 radical (unpaired) electrons. The van der Waals surface area contributed by atoms with Gasteiger partial charge in [0.2, 0.25) is 5.95 Å². The predicted octanol–water partition coefficient (Wildman–Crippen LogP) is 3.07. The van der Waals surface area contributed by atoms with E-state index < -0.39 is 18.7 Å². The van der Waals surface area contributed by atoms with Crippen LogP contribution in [-0.4, -0.2) is 58.4 Å². The number of rotatable bonds is 5. The molecule has 4 rings (SSSR count). The van der Waals surface area contributed by atoms with Crippen molar-refractivity contribution in [2.45, 2.75) is 31.2 Å². The molecule has 30 heavy (non-hydrogen) atoms. The number of ether oxygens (including phenoxy) is 2. The van der Waals surface area contributed by atoms with Crippen LogP contribution in [0.1, 0.15) is 12.0 Å². The summed E-state index contributed by atoms with van der Waals surface area (Å²) in [5.41, 5.74) is 1.32. The Kier molecular flexibility index (Phi) is 5.52. The van der Waals surface area contributed by atoms with Gasteiger partial charge in [0.15, 0.2) is 0 Å². The standard InChI is InChI=1S/C20H21F3N4O3/c1-29-13-4-5-14(12(9-13)10-20(21,22)23)18-16-3-2-7-27(16)19(26-25-18)24-15-6-8-30-11-17(15)28/h2-5,7,9,15,17,28H,6,8,10-11H2,1H3,(H,24,26)/t15-,17-/m1/s1. The third kappa shape index (κ3) is 4.19. The lowest BCUT2D eigenvalue weighted by molar-refractivity contribution is -0.127. The lowest BCUT2D eigenvalue weighted by Crippen LogP contribution is -2.42. The summed E-state index contributed by atoms with van der Waals surface area (Å²) in [5.74, 6) is 0.736. The molecule has 1 aliphatic rings. The lowest BCUT2D eigenvalue weighted by Gasteiger charge is -2.28. The number of methoxy groups -OCH3 is 1. The molecule has 1 fully saturated rings. The number of fused-ring (bicyclic) bond motifs is 1. The maximum absolute atomic E-state index is 13.2. The summed E-state index contributed by atoms with van der Waals surface area (Å²) < 4.78 is 51.5. The minimum Gasteiger partial charge on any atom is -0.497 e. The number of nitrogens with one attached hydrogen (secondary N) is 1.